The predicted molar refractivity (Wildman–Crippen MR) is 66.9 cm³/mol. The van der Waals surface area contributed by atoms with Crippen molar-refractivity contribution in [2.45, 2.75) is 0 Å². The third kappa shape index (κ3) is 2.65. The number of phenols is 1. The van der Waals surface area contributed by atoms with Crippen molar-refractivity contribution in [3.8, 4) is 5.75 Å². The third-order valence-electron chi connectivity index (χ3n) is 2.66. The topological polar surface area (TPSA) is 52.6 Å². The minimum atomic E-state index is -0.242. The molecule has 1 aliphatic rings. The summed E-state index contributed by atoms with van der Waals surface area (Å²) >= 11 is 11.6. The number of nitrogens with one attached hydrogen (secondary N) is 1. The van der Waals surface area contributed by atoms with Crippen LogP contribution in [0.3, 0.4) is 0 Å². The summed E-state index contributed by atoms with van der Waals surface area (Å²) in [6, 6.07) is 2.85. The normalized spacial score (nSPS) is 16.0. The number of carbonyl (C=O) groups is 1. The maximum absolute atomic E-state index is 12.1. The first-order chi connectivity index (χ1) is 8.09. The Kier molecular flexibility index (Phi) is 3.76. The zero-order valence-electron chi connectivity index (χ0n) is 9.04. The molecule has 0 unspecified atom stereocenters. The zero-order valence-corrected chi connectivity index (χ0v) is 10.6. The van der Waals surface area contributed by atoms with Crippen LogP contribution in [0.5, 0.6) is 5.75 Å². The summed E-state index contributed by atoms with van der Waals surface area (Å²) in [5, 5.41) is 13.4. The third-order valence-corrected chi connectivity index (χ3v) is 3.17. The Morgan fingerprint density at radius 1 is 1.29 bits per heavy atom. The van der Waals surface area contributed by atoms with Gasteiger partial charge < -0.3 is 15.3 Å². The first kappa shape index (κ1) is 12.5. The van der Waals surface area contributed by atoms with Crippen LogP contribution in [0.2, 0.25) is 10.0 Å². The number of rotatable bonds is 1. The van der Waals surface area contributed by atoms with Gasteiger partial charge in [0.2, 0.25) is 0 Å². The van der Waals surface area contributed by atoms with Crippen molar-refractivity contribution >= 4 is 29.1 Å². The SMILES string of the molecule is O=C(c1cc(Cl)cc(Cl)c1O)N1CCNCC1. The quantitative estimate of drug-likeness (QED) is 0.821. The number of phenolic OH excluding ortho intramolecular Hbond substituents is 1. The van der Waals surface area contributed by atoms with Crippen LogP contribution in [-0.2, 0) is 0 Å². The van der Waals surface area contributed by atoms with Gasteiger partial charge in [0, 0.05) is 31.2 Å². The highest BCUT2D eigenvalue weighted by atomic mass is 35.5. The van der Waals surface area contributed by atoms with E-state index in [0.717, 1.165) is 13.1 Å². The van der Waals surface area contributed by atoms with Crippen molar-refractivity contribution in [3.05, 3.63) is 27.7 Å². The summed E-state index contributed by atoms with van der Waals surface area (Å²) in [5.74, 6) is -0.451. The molecule has 6 heteroatoms. The van der Waals surface area contributed by atoms with E-state index in [4.69, 9.17) is 23.2 Å². The summed E-state index contributed by atoms with van der Waals surface area (Å²) in [6.07, 6.45) is 0. The van der Waals surface area contributed by atoms with Crippen molar-refractivity contribution in [3.63, 3.8) is 0 Å². The fourth-order valence-corrected chi connectivity index (χ4v) is 2.26. The van der Waals surface area contributed by atoms with Gasteiger partial charge in [-0.05, 0) is 12.1 Å². The number of hydrogen-bond donors (Lipinski definition) is 2. The van der Waals surface area contributed by atoms with Gasteiger partial charge in [0.1, 0.15) is 5.75 Å². The smallest absolute Gasteiger partial charge is 0.257 e. The lowest BCUT2D eigenvalue weighted by Gasteiger charge is -2.27. The molecule has 0 atom stereocenters. The highest BCUT2D eigenvalue weighted by Gasteiger charge is 2.22. The molecule has 1 aliphatic heterocycles. The number of halogens is 2. The summed E-state index contributed by atoms with van der Waals surface area (Å²) < 4.78 is 0. The van der Waals surface area contributed by atoms with Crippen LogP contribution >= 0.6 is 23.2 Å². The number of hydrogen-bond acceptors (Lipinski definition) is 3. The van der Waals surface area contributed by atoms with Gasteiger partial charge in [-0.2, -0.15) is 0 Å². The van der Waals surface area contributed by atoms with Crippen molar-refractivity contribution < 1.29 is 9.90 Å². The van der Waals surface area contributed by atoms with E-state index in [1.807, 2.05) is 0 Å². The van der Waals surface area contributed by atoms with Gasteiger partial charge in [-0.15, -0.1) is 0 Å². The van der Waals surface area contributed by atoms with Crippen LogP contribution in [0.15, 0.2) is 12.1 Å². The van der Waals surface area contributed by atoms with Gasteiger partial charge in [-0.1, -0.05) is 23.2 Å². The minimum Gasteiger partial charge on any atom is -0.506 e. The molecule has 1 heterocycles. The molecule has 0 radical (unpaired) electrons. The molecule has 0 bridgehead atoms. The maximum atomic E-state index is 12.1. The van der Waals surface area contributed by atoms with Crippen LogP contribution in [0.25, 0.3) is 0 Å². The molecule has 1 saturated heterocycles. The predicted octanol–water partition coefficient (Wildman–Crippen LogP) is 1.74. The van der Waals surface area contributed by atoms with Crippen molar-refractivity contribution in [2.24, 2.45) is 0 Å². The molecule has 0 aromatic heterocycles. The molecule has 17 heavy (non-hydrogen) atoms. The largest absolute Gasteiger partial charge is 0.506 e. The lowest BCUT2D eigenvalue weighted by Crippen LogP contribution is -2.46. The van der Waals surface area contributed by atoms with E-state index in [-0.39, 0.29) is 22.2 Å². The summed E-state index contributed by atoms with van der Waals surface area (Å²) in [6.45, 7) is 2.73. The van der Waals surface area contributed by atoms with E-state index in [0.29, 0.717) is 18.1 Å². The number of amides is 1. The van der Waals surface area contributed by atoms with E-state index < -0.39 is 0 Å². The lowest BCUT2D eigenvalue weighted by molar-refractivity contribution is 0.0733. The first-order valence-electron chi connectivity index (χ1n) is 5.27. The summed E-state index contributed by atoms with van der Waals surface area (Å²) in [7, 11) is 0. The van der Waals surface area contributed by atoms with E-state index in [1.54, 1.807) is 4.90 Å². The molecule has 1 amide bonds. The monoisotopic (exact) mass is 274 g/mol. The molecule has 1 aromatic carbocycles. The molecule has 0 spiro atoms. The van der Waals surface area contributed by atoms with Crippen LogP contribution in [0, 0.1) is 0 Å². The zero-order chi connectivity index (χ0) is 12.4. The fourth-order valence-electron chi connectivity index (χ4n) is 1.77. The van der Waals surface area contributed by atoms with Gasteiger partial charge in [0.15, 0.2) is 0 Å². The number of nitrogens with zero attached hydrogens (tertiary/aromatic N) is 1. The maximum Gasteiger partial charge on any atom is 0.257 e. The Morgan fingerprint density at radius 2 is 1.94 bits per heavy atom. The van der Waals surface area contributed by atoms with E-state index in [1.165, 1.54) is 12.1 Å². The lowest BCUT2D eigenvalue weighted by atomic mass is 10.1. The van der Waals surface area contributed by atoms with Gasteiger partial charge in [0.05, 0.1) is 10.6 Å². The first-order valence-corrected chi connectivity index (χ1v) is 6.03. The molecule has 1 fully saturated rings. The molecule has 4 nitrogen and oxygen atoms in total. The Hall–Kier alpha value is -0.970. The van der Waals surface area contributed by atoms with Crippen LogP contribution < -0.4 is 5.32 Å². The Balaban J connectivity index is 2.29. The van der Waals surface area contributed by atoms with E-state index >= 15 is 0 Å². The standard InChI is InChI=1S/C11H12Cl2N2O2/c12-7-5-8(10(16)9(13)6-7)11(17)15-3-1-14-2-4-15/h5-6,14,16H,1-4H2. The van der Waals surface area contributed by atoms with Gasteiger partial charge in [0.25, 0.3) is 5.91 Å². The Bertz CT molecular complexity index is 445. The van der Waals surface area contributed by atoms with E-state index in [9.17, 15) is 9.90 Å². The average Bonchev–Trinajstić information content (AvgIpc) is 2.34. The highest BCUT2D eigenvalue weighted by molar-refractivity contribution is 6.36. The Labute approximate surface area is 109 Å². The summed E-state index contributed by atoms with van der Waals surface area (Å²) in [4.78, 5) is 13.8. The van der Waals surface area contributed by atoms with E-state index in [2.05, 4.69) is 5.32 Å². The average molecular weight is 275 g/mol. The number of carbonyl (C=O) groups excluding carboxylic acids is 1. The molecule has 0 saturated carbocycles. The van der Waals surface area contributed by atoms with Crippen LogP contribution in [0.4, 0.5) is 0 Å². The van der Waals surface area contributed by atoms with Gasteiger partial charge >= 0.3 is 0 Å². The molecular formula is C11H12Cl2N2O2. The second-order valence-corrected chi connectivity index (χ2v) is 4.67. The summed E-state index contributed by atoms with van der Waals surface area (Å²) in [5.41, 5.74) is 0.157. The van der Waals surface area contributed by atoms with Crippen LogP contribution in [0.1, 0.15) is 10.4 Å². The van der Waals surface area contributed by atoms with Gasteiger partial charge in [-0.25, -0.2) is 0 Å². The van der Waals surface area contributed by atoms with Crippen molar-refractivity contribution in [2.75, 3.05) is 26.2 Å². The molecule has 2 rings (SSSR count). The van der Waals surface area contributed by atoms with Crippen molar-refractivity contribution in [1.82, 2.24) is 10.2 Å². The van der Waals surface area contributed by atoms with Crippen LogP contribution in [-0.4, -0.2) is 42.1 Å². The minimum absolute atomic E-state index is 0.0935. The highest BCUT2D eigenvalue weighted by Crippen LogP contribution is 2.31. The number of piperazine rings is 1. The molecule has 1 aromatic rings. The molecule has 92 valence electrons. The second-order valence-electron chi connectivity index (χ2n) is 3.83. The fraction of sp³-hybridized carbons (Fsp3) is 0.364. The number of aromatic hydroxyl groups is 1. The van der Waals surface area contributed by atoms with Crippen molar-refractivity contribution in [1.29, 1.82) is 0 Å². The molecular weight excluding hydrogens is 263 g/mol. The Morgan fingerprint density at radius 3 is 2.59 bits per heavy atom. The molecule has 0 aliphatic carbocycles. The molecule has 2 N–H and O–H groups in total. The van der Waals surface area contributed by atoms with Gasteiger partial charge in [-0.3, -0.25) is 4.79 Å². The number of benzene rings is 1. The second kappa shape index (κ2) is 5.12.